The number of nitrogens with one attached hydrogen (secondary N) is 2. The molecular formula is C19H27N5O. The number of amides is 1. The molecule has 0 atom stereocenters. The van der Waals surface area contributed by atoms with Gasteiger partial charge in [0.05, 0.1) is 0 Å². The third-order valence-electron chi connectivity index (χ3n) is 3.72. The van der Waals surface area contributed by atoms with Gasteiger partial charge in [0.15, 0.2) is 0 Å². The van der Waals surface area contributed by atoms with Gasteiger partial charge in [0, 0.05) is 19.3 Å². The van der Waals surface area contributed by atoms with E-state index >= 15 is 0 Å². The number of aryl methyl sites for hydroxylation is 1. The summed E-state index contributed by atoms with van der Waals surface area (Å²) in [5.74, 6) is 0.336. The van der Waals surface area contributed by atoms with Gasteiger partial charge in [0.2, 0.25) is 5.95 Å². The molecule has 6 heteroatoms. The molecule has 0 aliphatic carbocycles. The van der Waals surface area contributed by atoms with E-state index in [1.807, 2.05) is 32.3 Å². The largest absolute Gasteiger partial charge is 0.354 e. The zero-order valence-corrected chi connectivity index (χ0v) is 15.0. The van der Waals surface area contributed by atoms with E-state index < -0.39 is 0 Å². The van der Waals surface area contributed by atoms with Gasteiger partial charge in [0.1, 0.15) is 5.69 Å². The SMILES string of the molecule is CN(C)CCCNc1nccc(C(=O)NCCCc2ccccc2)n1. The molecule has 1 aromatic carbocycles. The smallest absolute Gasteiger partial charge is 0.270 e. The number of anilines is 1. The molecule has 0 unspecified atom stereocenters. The highest BCUT2D eigenvalue weighted by Crippen LogP contribution is 2.03. The first kappa shape index (κ1) is 18.9. The maximum absolute atomic E-state index is 12.2. The molecule has 134 valence electrons. The van der Waals surface area contributed by atoms with Crippen LogP contribution in [-0.4, -0.2) is 54.5 Å². The van der Waals surface area contributed by atoms with Crippen LogP contribution in [0, 0.1) is 0 Å². The Labute approximate surface area is 149 Å². The Kier molecular flexibility index (Phi) is 7.85. The van der Waals surface area contributed by atoms with E-state index in [-0.39, 0.29) is 5.91 Å². The number of benzene rings is 1. The molecule has 0 aliphatic heterocycles. The van der Waals surface area contributed by atoms with Gasteiger partial charge in [-0.1, -0.05) is 30.3 Å². The molecule has 1 amide bonds. The maximum atomic E-state index is 12.2. The van der Waals surface area contributed by atoms with Crippen LogP contribution in [0.15, 0.2) is 42.6 Å². The van der Waals surface area contributed by atoms with Crippen LogP contribution in [0.1, 0.15) is 28.9 Å². The highest BCUT2D eigenvalue weighted by Gasteiger charge is 2.08. The van der Waals surface area contributed by atoms with E-state index in [4.69, 9.17) is 0 Å². The highest BCUT2D eigenvalue weighted by atomic mass is 16.1. The molecule has 1 heterocycles. The number of hydrogen-bond acceptors (Lipinski definition) is 5. The molecule has 1 aromatic heterocycles. The first-order valence-corrected chi connectivity index (χ1v) is 8.69. The van der Waals surface area contributed by atoms with Crippen LogP contribution in [-0.2, 0) is 6.42 Å². The molecule has 2 rings (SSSR count). The van der Waals surface area contributed by atoms with Crippen molar-refractivity contribution in [3.05, 3.63) is 53.9 Å². The Hall–Kier alpha value is -2.47. The third kappa shape index (κ3) is 7.30. The molecule has 2 aromatic rings. The van der Waals surface area contributed by atoms with Crippen molar-refractivity contribution in [1.29, 1.82) is 0 Å². The average Bonchev–Trinajstić information content (AvgIpc) is 2.63. The van der Waals surface area contributed by atoms with Gasteiger partial charge in [-0.3, -0.25) is 4.79 Å². The van der Waals surface area contributed by atoms with Gasteiger partial charge >= 0.3 is 0 Å². The third-order valence-corrected chi connectivity index (χ3v) is 3.72. The van der Waals surface area contributed by atoms with Crippen LogP contribution in [0.2, 0.25) is 0 Å². The Morgan fingerprint density at radius 1 is 1.08 bits per heavy atom. The lowest BCUT2D eigenvalue weighted by Crippen LogP contribution is -2.26. The van der Waals surface area contributed by atoms with E-state index in [2.05, 4.69) is 37.6 Å². The number of hydrogen-bond donors (Lipinski definition) is 2. The zero-order valence-electron chi connectivity index (χ0n) is 15.0. The summed E-state index contributed by atoms with van der Waals surface area (Å²) in [6.45, 7) is 2.40. The van der Waals surface area contributed by atoms with Gasteiger partial charge < -0.3 is 15.5 Å². The summed E-state index contributed by atoms with van der Waals surface area (Å²) in [5, 5.41) is 6.07. The molecular weight excluding hydrogens is 314 g/mol. The summed E-state index contributed by atoms with van der Waals surface area (Å²) in [7, 11) is 4.08. The fourth-order valence-corrected chi connectivity index (χ4v) is 2.40. The van der Waals surface area contributed by atoms with Gasteiger partial charge in [0.25, 0.3) is 5.91 Å². The van der Waals surface area contributed by atoms with Gasteiger partial charge in [-0.15, -0.1) is 0 Å². The first-order chi connectivity index (χ1) is 12.1. The molecule has 0 radical (unpaired) electrons. The molecule has 25 heavy (non-hydrogen) atoms. The minimum atomic E-state index is -0.160. The van der Waals surface area contributed by atoms with E-state index in [9.17, 15) is 4.79 Å². The summed E-state index contributed by atoms with van der Waals surface area (Å²) in [5.41, 5.74) is 1.67. The predicted molar refractivity (Wildman–Crippen MR) is 101 cm³/mol. The van der Waals surface area contributed by atoms with E-state index in [1.165, 1.54) is 5.56 Å². The fourth-order valence-electron chi connectivity index (χ4n) is 2.40. The number of carbonyl (C=O) groups is 1. The summed E-state index contributed by atoms with van der Waals surface area (Å²) in [6.07, 6.45) is 4.45. The van der Waals surface area contributed by atoms with E-state index in [1.54, 1.807) is 12.3 Å². The Bertz CT molecular complexity index is 645. The van der Waals surface area contributed by atoms with E-state index in [0.29, 0.717) is 18.2 Å². The molecule has 6 nitrogen and oxygen atoms in total. The van der Waals surface area contributed by atoms with Crippen molar-refractivity contribution < 1.29 is 4.79 Å². The topological polar surface area (TPSA) is 70.2 Å². The van der Waals surface area contributed by atoms with Crippen molar-refractivity contribution >= 4 is 11.9 Å². The lowest BCUT2D eigenvalue weighted by Gasteiger charge is -2.10. The van der Waals surface area contributed by atoms with Crippen molar-refractivity contribution in [3.63, 3.8) is 0 Å². The second-order valence-electron chi connectivity index (χ2n) is 6.19. The lowest BCUT2D eigenvalue weighted by molar-refractivity contribution is 0.0948. The van der Waals surface area contributed by atoms with Crippen LogP contribution >= 0.6 is 0 Å². The summed E-state index contributed by atoms with van der Waals surface area (Å²) >= 11 is 0. The van der Waals surface area contributed by atoms with Crippen molar-refractivity contribution in [2.75, 3.05) is 39.0 Å². The predicted octanol–water partition coefficient (Wildman–Crippen LogP) is 2.20. The van der Waals surface area contributed by atoms with Crippen molar-refractivity contribution in [2.24, 2.45) is 0 Å². The zero-order chi connectivity index (χ0) is 17.9. The van der Waals surface area contributed by atoms with Crippen LogP contribution in [0.25, 0.3) is 0 Å². The number of nitrogens with zero attached hydrogens (tertiary/aromatic N) is 3. The van der Waals surface area contributed by atoms with Gasteiger partial charge in [-0.05, 0) is 51.5 Å². The molecule has 0 bridgehead atoms. The van der Waals surface area contributed by atoms with Gasteiger partial charge in [-0.2, -0.15) is 0 Å². The second kappa shape index (κ2) is 10.4. The number of carbonyl (C=O) groups excluding carboxylic acids is 1. The van der Waals surface area contributed by atoms with Gasteiger partial charge in [-0.25, -0.2) is 9.97 Å². The minimum absolute atomic E-state index is 0.160. The monoisotopic (exact) mass is 341 g/mol. The summed E-state index contributed by atoms with van der Waals surface area (Å²) in [6, 6.07) is 11.9. The summed E-state index contributed by atoms with van der Waals surface area (Å²) in [4.78, 5) is 22.8. The van der Waals surface area contributed by atoms with Crippen LogP contribution in [0.3, 0.4) is 0 Å². The second-order valence-corrected chi connectivity index (χ2v) is 6.19. The summed E-state index contributed by atoms with van der Waals surface area (Å²) < 4.78 is 0. The Morgan fingerprint density at radius 3 is 2.64 bits per heavy atom. The highest BCUT2D eigenvalue weighted by molar-refractivity contribution is 5.92. The van der Waals surface area contributed by atoms with Crippen LogP contribution in [0.4, 0.5) is 5.95 Å². The molecule has 0 spiro atoms. The number of rotatable bonds is 10. The normalized spacial score (nSPS) is 10.7. The standard InChI is InChI=1S/C19H27N5O/c1-24(2)15-7-13-21-19-22-14-11-17(23-19)18(25)20-12-6-10-16-8-4-3-5-9-16/h3-5,8-9,11,14H,6-7,10,12-13,15H2,1-2H3,(H,20,25)(H,21,22,23). The van der Waals surface area contributed by atoms with Crippen molar-refractivity contribution in [3.8, 4) is 0 Å². The van der Waals surface area contributed by atoms with Crippen molar-refractivity contribution in [1.82, 2.24) is 20.2 Å². The van der Waals surface area contributed by atoms with Crippen molar-refractivity contribution in [2.45, 2.75) is 19.3 Å². The fraction of sp³-hybridized carbons (Fsp3) is 0.421. The van der Waals surface area contributed by atoms with Crippen LogP contribution < -0.4 is 10.6 Å². The minimum Gasteiger partial charge on any atom is -0.354 e. The maximum Gasteiger partial charge on any atom is 0.270 e. The quantitative estimate of drug-likeness (QED) is 0.648. The number of aromatic nitrogens is 2. The first-order valence-electron chi connectivity index (χ1n) is 8.69. The average molecular weight is 341 g/mol. The molecule has 0 fully saturated rings. The molecule has 2 N–H and O–H groups in total. The molecule has 0 aliphatic rings. The molecule has 0 saturated carbocycles. The Balaban J connectivity index is 1.72. The van der Waals surface area contributed by atoms with Crippen LogP contribution in [0.5, 0.6) is 0 Å². The molecule has 0 saturated heterocycles. The lowest BCUT2D eigenvalue weighted by atomic mass is 10.1. The Morgan fingerprint density at radius 2 is 1.88 bits per heavy atom. The van der Waals surface area contributed by atoms with E-state index in [0.717, 1.165) is 32.4 Å².